The van der Waals surface area contributed by atoms with E-state index in [-0.39, 0.29) is 142 Å². The molecule has 0 amide bonds. The average Bonchev–Trinajstić information content (AvgIpc) is 1.66. The minimum absolute atomic E-state index is 0. The maximum absolute atomic E-state index is 11.7. The minimum atomic E-state index is -1.32. The second-order valence-corrected chi connectivity index (χ2v) is 21.0. The van der Waals surface area contributed by atoms with Gasteiger partial charge in [-0.1, -0.05) is 0 Å². The molecule has 5 saturated heterocycles. The standard InChI is InChI=1S/C11H15N5O4.C11H14N4O3.C10H11N3O5.C10H15N3O5.C10H12N2O6.CH3.Nd.U/c1-12-9-6-10(14-3-13-9)16(4-15-6)11-8(19)7(18)5(2-17)20-11;12-10-6-1-2-15(11(6)14-5-13-10)9-3-7(17)8(4-16)18-9;11-2-5-3-13(10(17)12-9(5)16)8-1-6(15)7(4-14)18-8;1-4-2-13(10(17)12-8(4)11)9-7(16)6(15)5(3-14)18-9;13-3-5-2-12(10(17)11-9(5)16)8-1-6(15)7(4-14)18-8;;;/h3-5,7-8,11,17-19H,2H2,1H3,(H,12,13,14);1-2,5,7-9,16-17H,3-4H2,(H2,12,13,14);3,6-8,14-15H,1,4H2,(H,12,16,17);2,5-7,9,14-16H,3H2,1H3,(H2,11,12,17);2-3,6-8,14-15H,1,4H2,(H,11,16,17);1H3;;/q;;;;;-1;;/t5-,7+,8?,11-;7-,8-,9-;6-,7?,8?;5-,6+,7?,9-;6-,7-,8-;;;/m11111.../s1. The maximum atomic E-state index is 11.7. The second-order valence-electron chi connectivity index (χ2n) is 21.0. The predicted octanol–water partition coefficient (Wildman–Crippen LogP) is -7.63. The Kier molecular flexibility index (Phi) is 29.5. The van der Waals surface area contributed by atoms with Gasteiger partial charge in [0.2, 0.25) is 0 Å². The Balaban J connectivity index is 0.000000213. The summed E-state index contributed by atoms with van der Waals surface area (Å²) in [4.78, 5) is 95.8. The fourth-order valence-electron chi connectivity index (χ4n) is 10.2. The third kappa shape index (κ3) is 17.5. The van der Waals surface area contributed by atoms with Crippen LogP contribution in [0.5, 0.6) is 0 Å². The molecule has 0 bridgehead atoms. The van der Waals surface area contributed by atoms with Crippen molar-refractivity contribution in [1.82, 2.24) is 62.7 Å². The summed E-state index contributed by atoms with van der Waals surface area (Å²) in [5.41, 5.74) is 9.34. The molecule has 7 aromatic heterocycles. The summed E-state index contributed by atoms with van der Waals surface area (Å²) in [5, 5.41) is 125. The Bertz CT molecular complexity index is 4050. The van der Waals surface area contributed by atoms with E-state index >= 15 is 0 Å². The summed E-state index contributed by atoms with van der Waals surface area (Å²) < 4.78 is 33.2. The van der Waals surface area contributed by atoms with Gasteiger partial charge in [-0.15, -0.1) is 0 Å². The molecule has 19 N–H and O–H groups in total. The molecule has 5 aliphatic heterocycles. The zero-order chi connectivity index (χ0) is 67.0. The molecular weight excluding hydrogens is 1620 g/mol. The van der Waals surface area contributed by atoms with Crippen LogP contribution in [0.2, 0.25) is 0 Å². The smallest absolute Gasteiger partial charge is 0.351 e. The number of aromatic amines is 2. The van der Waals surface area contributed by atoms with Gasteiger partial charge in [-0.2, -0.15) is 10.2 Å². The molecule has 0 radical (unpaired) electrons. The molecule has 514 valence electrons. The van der Waals surface area contributed by atoms with Crippen LogP contribution < -0.4 is 45.0 Å². The van der Waals surface area contributed by atoms with Gasteiger partial charge in [-0.3, -0.25) is 42.6 Å². The summed E-state index contributed by atoms with van der Waals surface area (Å²) in [5.74, 6) is 1.07. The number of nitrogens with zero attached hydrogens (tertiary/aromatic N) is 12. The number of fused-ring (bicyclic) bond motifs is 2. The normalized spacial score (nSPS) is 27.9. The van der Waals surface area contributed by atoms with Crippen molar-refractivity contribution in [3.05, 3.63) is 126 Å². The number of nitrogens with one attached hydrogen (secondary N) is 3. The van der Waals surface area contributed by atoms with Gasteiger partial charge >= 0.3 is 17.1 Å². The molecule has 4 unspecified atom stereocenters. The average molecular weight is 1700 g/mol. The molecule has 5 fully saturated rings. The van der Waals surface area contributed by atoms with E-state index in [0.29, 0.717) is 46.7 Å². The third-order valence-electron chi connectivity index (χ3n) is 15.2. The number of aryl methyl sites for hydroxylation is 1. The van der Waals surface area contributed by atoms with Crippen molar-refractivity contribution in [2.45, 2.75) is 131 Å². The summed E-state index contributed by atoms with van der Waals surface area (Å²) in [6.45, 7) is -0.131. The SMILES string of the molecule is CNc1ncnc2c1ncn2[C@@H]1O[C@H](CO)[C@H](O)C1O.Cc1cn([C@@H]2O[C@H](CO)[C@H](O)C2O)c(=O)nc1N.N#Cc1cn(C2C[C@@H](O)C(CO)O2)c(=O)[nH]c1=O.Nc1ncnc2c1ccn2[C@H]1C[C@@H](O)[C@@H](CO)O1.O=Cc1cn([C@H]2C[C@@H](O)[C@@H](CO)O2)c(=O)[nH]c1=O.[CH3-].[Nd].[U]. The molecule has 0 aliphatic carbocycles. The van der Waals surface area contributed by atoms with Crippen LogP contribution in [0.15, 0.2) is 73.8 Å². The number of aliphatic hydroxyl groups is 12. The van der Waals surface area contributed by atoms with Crippen molar-refractivity contribution < 1.29 is 162 Å². The minimum Gasteiger partial charge on any atom is -0.394 e. The first-order chi connectivity index (χ1) is 43.9. The molecular formula is C53H70N17NdO23U-. The van der Waals surface area contributed by atoms with E-state index in [1.165, 1.54) is 29.7 Å². The predicted molar refractivity (Wildman–Crippen MR) is 314 cm³/mol. The quantitative estimate of drug-likeness (QED) is 0.0399. The number of anilines is 3. The Morgan fingerprint density at radius 2 is 1.09 bits per heavy atom. The van der Waals surface area contributed by atoms with Gasteiger partial charge in [0.05, 0.1) is 68.6 Å². The van der Waals surface area contributed by atoms with Crippen LogP contribution in [0, 0.1) is 97.6 Å². The number of H-pyrrole nitrogens is 2. The molecule has 0 saturated carbocycles. The van der Waals surface area contributed by atoms with Gasteiger partial charge in [0.1, 0.15) is 121 Å². The second kappa shape index (κ2) is 35.3. The number of nitriles is 1. The summed E-state index contributed by atoms with van der Waals surface area (Å²) in [7, 11) is 1.72. The van der Waals surface area contributed by atoms with Gasteiger partial charge in [0.25, 0.3) is 11.1 Å². The van der Waals surface area contributed by atoms with Crippen LogP contribution in [-0.2, 0) is 23.7 Å². The fourth-order valence-corrected chi connectivity index (χ4v) is 10.2. The van der Waals surface area contributed by atoms with Crippen molar-refractivity contribution >= 4 is 45.9 Å². The van der Waals surface area contributed by atoms with E-state index in [1.807, 2.05) is 16.0 Å². The van der Waals surface area contributed by atoms with Gasteiger partial charge in [-0.05, 0) is 13.0 Å². The van der Waals surface area contributed by atoms with Crippen molar-refractivity contribution in [2.24, 2.45) is 0 Å². The number of nitrogens with two attached hydrogens (primary N) is 2. The van der Waals surface area contributed by atoms with Crippen LogP contribution in [0.4, 0.5) is 17.5 Å². The first-order valence-electron chi connectivity index (χ1n) is 27.9. The molecule has 7 aromatic rings. The topological polar surface area (TPSA) is 613 Å². The Morgan fingerprint density at radius 1 is 0.621 bits per heavy atom. The number of imidazole rings is 1. The van der Waals surface area contributed by atoms with Crippen molar-refractivity contribution in [3.8, 4) is 6.07 Å². The van der Waals surface area contributed by atoms with E-state index < -0.39 is 133 Å². The van der Waals surface area contributed by atoms with Gasteiger partial charge in [0, 0.05) is 129 Å². The number of carbonyl (C=O) groups excluding carboxylic acids is 1. The molecule has 12 heterocycles. The molecule has 0 spiro atoms. The fraction of sp³-hybridized carbons (Fsp3) is 0.509. The van der Waals surface area contributed by atoms with E-state index in [9.17, 15) is 64.5 Å². The largest absolute Gasteiger partial charge is 0.394 e. The number of aromatic nitrogens is 13. The van der Waals surface area contributed by atoms with E-state index in [0.717, 1.165) is 31.5 Å². The van der Waals surface area contributed by atoms with E-state index in [4.69, 9.17) is 65.9 Å². The Morgan fingerprint density at radius 3 is 1.57 bits per heavy atom. The zero-order valence-electron chi connectivity index (χ0n) is 50.5. The number of carbonyl (C=O) groups is 1. The van der Waals surface area contributed by atoms with E-state index in [2.05, 4.69) is 35.2 Å². The summed E-state index contributed by atoms with van der Waals surface area (Å²) in [6.07, 6.45) is -4.67. The Hall–Kier alpha value is -6.31. The van der Waals surface area contributed by atoms with Crippen LogP contribution in [0.3, 0.4) is 0 Å². The number of aldehydes is 1. The molecule has 17 atom stereocenters. The number of hydrogen-bond donors (Lipinski definition) is 17. The van der Waals surface area contributed by atoms with Crippen molar-refractivity contribution in [2.75, 3.05) is 56.9 Å². The van der Waals surface area contributed by atoms with Crippen molar-refractivity contribution in [1.29, 1.82) is 5.26 Å². The maximum Gasteiger partial charge on any atom is 0.351 e. The first kappa shape index (κ1) is 79.4. The van der Waals surface area contributed by atoms with Gasteiger partial charge in [-0.25, -0.2) is 39.3 Å². The molecule has 42 heteroatoms. The number of hydrogen-bond acceptors (Lipinski definition) is 33. The van der Waals surface area contributed by atoms with Crippen LogP contribution in [-0.4, -0.2) is 244 Å². The number of nitrogen functional groups attached to an aromatic ring is 2. The third-order valence-corrected chi connectivity index (χ3v) is 15.2. The summed E-state index contributed by atoms with van der Waals surface area (Å²) in [6, 6.07) is 3.46. The Labute approximate surface area is 590 Å². The van der Waals surface area contributed by atoms with Crippen LogP contribution >= 0.6 is 0 Å². The van der Waals surface area contributed by atoms with E-state index in [1.54, 1.807) is 30.8 Å². The number of aliphatic hydroxyl groups excluding tert-OH is 12. The number of rotatable bonds is 12. The van der Waals surface area contributed by atoms with Crippen molar-refractivity contribution in [3.63, 3.8) is 0 Å². The monoisotopic (exact) mass is 1690 g/mol. The van der Waals surface area contributed by atoms with Crippen LogP contribution in [0.25, 0.3) is 22.2 Å². The first-order valence-corrected chi connectivity index (χ1v) is 27.9. The number of ether oxygens (including phenoxy) is 5. The molecule has 12 rings (SSSR count). The van der Waals surface area contributed by atoms with Crippen LogP contribution in [0.1, 0.15) is 71.9 Å². The molecule has 5 aliphatic rings. The molecule has 40 nitrogen and oxygen atoms in total. The molecule has 95 heavy (non-hydrogen) atoms. The molecule has 0 aromatic carbocycles. The zero-order valence-corrected chi connectivity index (χ0v) is 57.9. The van der Waals surface area contributed by atoms with Gasteiger partial charge < -0.3 is 114 Å². The van der Waals surface area contributed by atoms with Gasteiger partial charge in [0.15, 0.2) is 30.2 Å². The summed E-state index contributed by atoms with van der Waals surface area (Å²) >= 11 is 0.